The van der Waals surface area contributed by atoms with Crippen LogP contribution in [-0.4, -0.2) is 68.1 Å². The number of ether oxygens (including phenoxy) is 1. The zero-order valence-corrected chi connectivity index (χ0v) is 18.0. The Morgan fingerprint density at radius 2 is 1.85 bits per heavy atom. The standard InChI is InChI=1S/C19H28ClN3O2.2ClH/c20-17-2-4-18(5-3-17)25-14-13-22-9-11-23(12-10-22)19(24)6-1-16-7-8-21-15-16;;/h2-5,16,21H,1,6-15H2;2*1H. The van der Waals surface area contributed by atoms with Gasteiger partial charge in [0.1, 0.15) is 12.4 Å². The Morgan fingerprint density at radius 1 is 1.15 bits per heavy atom. The predicted octanol–water partition coefficient (Wildman–Crippen LogP) is 3.10. The van der Waals surface area contributed by atoms with E-state index in [1.54, 1.807) is 0 Å². The summed E-state index contributed by atoms with van der Waals surface area (Å²) in [5.74, 6) is 1.86. The minimum atomic E-state index is 0. The summed E-state index contributed by atoms with van der Waals surface area (Å²) in [7, 11) is 0. The number of piperazine rings is 1. The van der Waals surface area contributed by atoms with Crippen LogP contribution in [0.3, 0.4) is 0 Å². The number of carbonyl (C=O) groups excluding carboxylic acids is 1. The van der Waals surface area contributed by atoms with Crippen LogP contribution < -0.4 is 10.1 Å². The third-order valence-electron chi connectivity index (χ3n) is 5.14. The molecule has 0 bridgehead atoms. The number of halogens is 3. The first-order valence-electron chi connectivity index (χ1n) is 9.30. The zero-order chi connectivity index (χ0) is 17.5. The molecule has 1 N–H and O–H groups in total. The number of hydrogen-bond donors (Lipinski definition) is 1. The highest BCUT2D eigenvalue weighted by atomic mass is 35.5. The normalized spacial score (nSPS) is 19.9. The lowest BCUT2D eigenvalue weighted by molar-refractivity contribution is -0.133. The number of carbonyl (C=O) groups is 1. The Labute approximate surface area is 179 Å². The Kier molecular flexibility index (Phi) is 11.4. The summed E-state index contributed by atoms with van der Waals surface area (Å²) in [6.07, 6.45) is 2.95. The van der Waals surface area contributed by atoms with Crippen molar-refractivity contribution in [2.24, 2.45) is 5.92 Å². The number of rotatable bonds is 7. The quantitative estimate of drug-likeness (QED) is 0.710. The zero-order valence-electron chi connectivity index (χ0n) is 15.6. The van der Waals surface area contributed by atoms with E-state index in [1.807, 2.05) is 29.2 Å². The first kappa shape index (κ1) is 24.3. The highest BCUT2D eigenvalue weighted by Gasteiger charge is 2.22. The van der Waals surface area contributed by atoms with Crippen LogP contribution in [0.4, 0.5) is 0 Å². The molecule has 1 aromatic rings. The van der Waals surface area contributed by atoms with E-state index in [-0.39, 0.29) is 24.8 Å². The third-order valence-corrected chi connectivity index (χ3v) is 5.40. The van der Waals surface area contributed by atoms with Crippen molar-refractivity contribution in [2.45, 2.75) is 19.3 Å². The molecular weight excluding hydrogens is 409 g/mol. The molecule has 2 aliphatic heterocycles. The molecule has 2 heterocycles. The maximum atomic E-state index is 12.3. The van der Waals surface area contributed by atoms with E-state index < -0.39 is 0 Å². The molecule has 154 valence electrons. The molecule has 8 heteroatoms. The van der Waals surface area contributed by atoms with Gasteiger partial charge in [-0.05, 0) is 56.1 Å². The number of nitrogens with one attached hydrogen (secondary N) is 1. The summed E-state index contributed by atoms with van der Waals surface area (Å²) in [4.78, 5) is 16.7. The molecule has 0 radical (unpaired) electrons. The van der Waals surface area contributed by atoms with Crippen molar-refractivity contribution in [3.05, 3.63) is 29.3 Å². The molecule has 2 saturated heterocycles. The molecule has 27 heavy (non-hydrogen) atoms. The van der Waals surface area contributed by atoms with Gasteiger partial charge in [0.2, 0.25) is 5.91 Å². The number of amides is 1. The molecule has 1 amide bonds. The van der Waals surface area contributed by atoms with Crippen LogP contribution >= 0.6 is 36.4 Å². The first-order chi connectivity index (χ1) is 12.2. The van der Waals surface area contributed by atoms with Crippen molar-refractivity contribution in [1.82, 2.24) is 15.1 Å². The number of benzene rings is 1. The Balaban J connectivity index is 0.00000182. The van der Waals surface area contributed by atoms with Crippen LogP contribution in [0.25, 0.3) is 0 Å². The number of nitrogens with zero attached hydrogens (tertiary/aromatic N) is 2. The molecule has 1 aromatic carbocycles. The SMILES string of the molecule is Cl.Cl.O=C(CCC1CCNC1)N1CCN(CCOc2ccc(Cl)cc2)CC1. The fraction of sp³-hybridized carbons (Fsp3) is 0.632. The fourth-order valence-corrected chi connectivity index (χ4v) is 3.62. The Bertz CT molecular complexity index is 546. The topological polar surface area (TPSA) is 44.8 Å². The summed E-state index contributed by atoms with van der Waals surface area (Å²) >= 11 is 5.87. The second kappa shape index (κ2) is 12.7. The molecule has 2 aliphatic rings. The Hall–Kier alpha value is -0.720. The van der Waals surface area contributed by atoms with E-state index in [1.165, 1.54) is 6.42 Å². The minimum absolute atomic E-state index is 0. The van der Waals surface area contributed by atoms with Crippen LogP contribution in [0.5, 0.6) is 5.75 Å². The van der Waals surface area contributed by atoms with Gasteiger partial charge in [-0.3, -0.25) is 9.69 Å². The largest absolute Gasteiger partial charge is 0.492 e. The van der Waals surface area contributed by atoms with Crippen LogP contribution in [0.1, 0.15) is 19.3 Å². The minimum Gasteiger partial charge on any atom is -0.492 e. The van der Waals surface area contributed by atoms with Gasteiger partial charge in [0.05, 0.1) is 0 Å². The molecule has 0 saturated carbocycles. The van der Waals surface area contributed by atoms with Crippen LogP contribution in [0, 0.1) is 5.92 Å². The lowest BCUT2D eigenvalue weighted by Gasteiger charge is -2.34. The summed E-state index contributed by atoms with van der Waals surface area (Å²) in [5, 5.41) is 4.09. The summed E-state index contributed by atoms with van der Waals surface area (Å²) < 4.78 is 5.75. The molecule has 0 aliphatic carbocycles. The fourth-order valence-electron chi connectivity index (χ4n) is 3.49. The third kappa shape index (κ3) is 8.04. The lowest BCUT2D eigenvalue weighted by atomic mass is 10.0. The van der Waals surface area contributed by atoms with Crippen molar-refractivity contribution in [2.75, 3.05) is 52.4 Å². The van der Waals surface area contributed by atoms with Gasteiger partial charge in [0, 0.05) is 44.2 Å². The van der Waals surface area contributed by atoms with E-state index in [2.05, 4.69) is 10.2 Å². The van der Waals surface area contributed by atoms with E-state index in [4.69, 9.17) is 16.3 Å². The lowest BCUT2D eigenvalue weighted by Crippen LogP contribution is -2.49. The van der Waals surface area contributed by atoms with Crippen LogP contribution in [0.15, 0.2) is 24.3 Å². The van der Waals surface area contributed by atoms with Crippen molar-refractivity contribution >= 4 is 42.3 Å². The van der Waals surface area contributed by atoms with Gasteiger partial charge >= 0.3 is 0 Å². The molecule has 2 fully saturated rings. The van der Waals surface area contributed by atoms with E-state index in [0.29, 0.717) is 24.9 Å². The second-order valence-electron chi connectivity index (χ2n) is 6.92. The number of hydrogen-bond acceptors (Lipinski definition) is 4. The smallest absolute Gasteiger partial charge is 0.222 e. The van der Waals surface area contributed by atoms with Gasteiger partial charge in [-0.2, -0.15) is 0 Å². The van der Waals surface area contributed by atoms with E-state index in [9.17, 15) is 4.79 Å². The van der Waals surface area contributed by atoms with Gasteiger partial charge in [-0.1, -0.05) is 11.6 Å². The monoisotopic (exact) mass is 437 g/mol. The van der Waals surface area contributed by atoms with Crippen molar-refractivity contribution in [1.29, 1.82) is 0 Å². The van der Waals surface area contributed by atoms with Crippen molar-refractivity contribution < 1.29 is 9.53 Å². The molecular formula is C19H30Cl3N3O2. The highest BCUT2D eigenvalue weighted by Crippen LogP contribution is 2.17. The predicted molar refractivity (Wildman–Crippen MR) is 115 cm³/mol. The molecule has 3 rings (SSSR count). The summed E-state index contributed by atoms with van der Waals surface area (Å²) in [6, 6.07) is 7.45. The second-order valence-corrected chi connectivity index (χ2v) is 7.36. The molecule has 1 atom stereocenters. The van der Waals surface area contributed by atoms with E-state index in [0.717, 1.165) is 63.0 Å². The van der Waals surface area contributed by atoms with Gasteiger partial charge in [0.15, 0.2) is 0 Å². The van der Waals surface area contributed by atoms with Crippen molar-refractivity contribution in [3.63, 3.8) is 0 Å². The maximum absolute atomic E-state index is 12.3. The average molecular weight is 439 g/mol. The van der Waals surface area contributed by atoms with Crippen molar-refractivity contribution in [3.8, 4) is 5.75 Å². The van der Waals surface area contributed by atoms with Crippen LogP contribution in [0.2, 0.25) is 5.02 Å². The van der Waals surface area contributed by atoms with Gasteiger partial charge in [0.25, 0.3) is 0 Å². The summed E-state index contributed by atoms with van der Waals surface area (Å²) in [6.45, 7) is 7.26. The molecule has 5 nitrogen and oxygen atoms in total. The first-order valence-corrected chi connectivity index (χ1v) is 9.68. The average Bonchev–Trinajstić information content (AvgIpc) is 3.15. The Morgan fingerprint density at radius 3 is 2.48 bits per heavy atom. The van der Waals surface area contributed by atoms with Gasteiger partial charge in [-0.15, -0.1) is 24.8 Å². The maximum Gasteiger partial charge on any atom is 0.222 e. The van der Waals surface area contributed by atoms with Crippen LogP contribution in [-0.2, 0) is 4.79 Å². The molecule has 0 aromatic heterocycles. The van der Waals surface area contributed by atoms with E-state index >= 15 is 0 Å². The highest BCUT2D eigenvalue weighted by molar-refractivity contribution is 6.30. The van der Waals surface area contributed by atoms with Gasteiger partial charge < -0.3 is 15.0 Å². The molecule has 1 unspecified atom stereocenters. The molecule has 0 spiro atoms. The van der Waals surface area contributed by atoms with Gasteiger partial charge in [-0.25, -0.2) is 0 Å². The summed E-state index contributed by atoms with van der Waals surface area (Å²) in [5.41, 5.74) is 0.